The van der Waals surface area contributed by atoms with E-state index in [4.69, 9.17) is 9.47 Å². The number of anilines is 1. The number of nitrogens with one attached hydrogen (secondary N) is 1. The maximum atomic E-state index is 12.7. The molecule has 132 valence electrons. The van der Waals surface area contributed by atoms with Crippen LogP contribution in [0.5, 0.6) is 11.5 Å². The number of ether oxygens (including phenoxy) is 2. The molecule has 0 fully saturated rings. The summed E-state index contributed by atoms with van der Waals surface area (Å²) >= 11 is 0. The molecule has 8 nitrogen and oxygen atoms in total. The number of aryl methyl sites for hydroxylation is 1. The molecule has 1 aliphatic heterocycles. The lowest BCUT2D eigenvalue weighted by atomic mass is 10.1. The lowest BCUT2D eigenvalue weighted by Crippen LogP contribution is -2.14. The third-order valence-electron chi connectivity index (χ3n) is 4.22. The van der Waals surface area contributed by atoms with Gasteiger partial charge in [0.15, 0.2) is 17.3 Å². The topological polar surface area (TPSA) is 95.3 Å². The van der Waals surface area contributed by atoms with Crippen LogP contribution in [-0.4, -0.2) is 33.5 Å². The number of aromatic nitrogens is 3. The van der Waals surface area contributed by atoms with E-state index in [0.717, 1.165) is 5.52 Å². The molecule has 1 amide bonds. The molecule has 0 spiro atoms. The van der Waals surface area contributed by atoms with Gasteiger partial charge in [0, 0.05) is 23.7 Å². The van der Waals surface area contributed by atoms with Gasteiger partial charge in [-0.2, -0.15) is 0 Å². The highest BCUT2D eigenvalue weighted by Gasteiger charge is 2.21. The number of carbonyl (C=O) groups excluding carboxylic acids is 2. The molecule has 2 aromatic carbocycles. The maximum Gasteiger partial charge on any atom is 0.255 e. The zero-order valence-electron chi connectivity index (χ0n) is 14.3. The monoisotopic (exact) mass is 352 g/mol. The van der Waals surface area contributed by atoms with Gasteiger partial charge in [0.1, 0.15) is 5.52 Å². The highest BCUT2D eigenvalue weighted by Crippen LogP contribution is 2.37. The molecule has 0 radical (unpaired) electrons. The van der Waals surface area contributed by atoms with Crippen molar-refractivity contribution < 1.29 is 19.1 Å². The van der Waals surface area contributed by atoms with Gasteiger partial charge in [0.25, 0.3) is 5.91 Å². The number of fused-ring (bicyclic) bond motifs is 2. The fourth-order valence-corrected chi connectivity index (χ4v) is 2.88. The molecule has 26 heavy (non-hydrogen) atoms. The molecule has 1 N–H and O–H groups in total. The summed E-state index contributed by atoms with van der Waals surface area (Å²) in [6.07, 6.45) is 0. The van der Waals surface area contributed by atoms with Gasteiger partial charge in [-0.3, -0.25) is 9.59 Å². The number of carbonyl (C=O) groups is 2. The molecule has 0 saturated heterocycles. The number of Topliss-reactive ketones (excluding diaryl/α,β-unsaturated/α-hetero) is 1. The quantitative estimate of drug-likeness (QED) is 0.725. The van der Waals surface area contributed by atoms with Gasteiger partial charge in [-0.15, -0.1) is 5.10 Å². The van der Waals surface area contributed by atoms with Crippen LogP contribution in [0, 0.1) is 0 Å². The first-order valence-electron chi connectivity index (χ1n) is 8.16. The second-order valence-electron chi connectivity index (χ2n) is 5.87. The van der Waals surface area contributed by atoms with E-state index in [9.17, 15) is 9.59 Å². The van der Waals surface area contributed by atoms with Crippen molar-refractivity contribution in [3.05, 3.63) is 41.5 Å². The van der Waals surface area contributed by atoms with Gasteiger partial charge >= 0.3 is 0 Å². The molecule has 0 bridgehead atoms. The van der Waals surface area contributed by atoms with Crippen LogP contribution in [0.3, 0.4) is 0 Å². The minimum atomic E-state index is -0.348. The van der Waals surface area contributed by atoms with E-state index < -0.39 is 0 Å². The molecule has 1 aliphatic rings. The molecule has 2 heterocycles. The molecular formula is C18H16N4O4. The zero-order valence-corrected chi connectivity index (χ0v) is 14.3. The van der Waals surface area contributed by atoms with Crippen LogP contribution in [0.1, 0.15) is 34.6 Å². The van der Waals surface area contributed by atoms with Crippen LogP contribution in [0.25, 0.3) is 11.0 Å². The highest BCUT2D eigenvalue weighted by atomic mass is 16.7. The van der Waals surface area contributed by atoms with E-state index in [0.29, 0.717) is 40.4 Å². The van der Waals surface area contributed by atoms with E-state index in [1.54, 1.807) is 35.0 Å². The van der Waals surface area contributed by atoms with Crippen molar-refractivity contribution in [3.63, 3.8) is 0 Å². The Morgan fingerprint density at radius 3 is 2.69 bits per heavy atom. The van der Waals surface area contributed by atoms with Crippen molar-refractivity contribution in [3.8, 4) is 11.5 Å². The smallest absolute Gasteiger partial charge is 0.255 e. The average Bonchev–Trinajstić information content (AvgIpc) is 3.26. The summed E-state index contributed by atoms with van der Waals surface area (Å²) in [5.41, 5.74) is 2.66. The van der Waals surface area contributed by atoms with Crippen LogP contribution in [-0.2, 0) is 6.54 Å². The number of ketones is 1. The van der Waals surface area contributed by atoms with Crippen molar-refractivity contribution in [2.45, 2.75) is 20.4 Å². The molecular weight excluding hydrogens is 336 g/mol. The van der Waals surface area contributed by atoms with Crippen LogP contribution in [0.15, 0.2) is 30.3 Å². The fourth-order valence-electron chi connectivity index (χ4n) is 2.88. The minimum absolute atomic E-state index is 0.0911. The summed E-state index contributed by atoms with van der Waals surface area (Å²) in [6, 6.07) is 8.36. The molecule has 8 heteroatoms. The van der Waals surface area contributed by atoms with Gasteiger partial charge in [0.05, 0.1) is 11.2 Å². The molecule has 4 rings (SSSR count). The number of hydrogen-bond acceptors (Lipinski definition) is 6. The lowest BCUT2D eigenvalue weighted by molar-refractivity contribution is 0.101. The fraction of sp³-hybridized carbons (Fsp3) is 0.222. The Kier molecular flexibility index (Phi) is 3.80. The number of nitrogens with zero attached hydrogens (tertiary/aromatic N) is 3. The Morgan fingerprint density at radius 2 is 1.96 bits per heavy atom. The molecule has 0 atom stereocenters. The molecule has 1 aromatic heterocycles. The Morgan fingerprint density at radius 1 is 1.19 bits per heavy atom. The van der Waals surface area contributed by atoms with E-state index in [1.807, 2.05) is 6.92 Å². The summed E-state index contributed by atoms with van der Waals surface area (Å²) in [5, 5.41) is 10.9. The first-order valence-corrected chi connectivity index (χ1v) is 8.16. The molecule has 3 aromatic rings. The summed E-state index contributed by atoms with van der Waals surface area (Å²) in [4.78, 5) is 24.6. The van der Waals surface area contributed by atoms with Gasteiger partial charge in [0.2, 0.25) is 6.79 Å². The first kappa shape index (κ1) is 16.1. The van der Waals surface area contributed by atoms with Gasteiger partial charge in [-0.1, -0.05) is 5.21 Å². The zero-order chi connectivity index (χ0) is 18.3. The second-order valence-corrected chi connectivity index (χ2v) is 5.87. The summed E-state index contributed by atoms with van der Waals surface area (Å²) in [5.74, 6) is 0.455. The summed E-state index contributed by atoms with van der Waals surface area (Å²) in [6.45, 7) is 4.19. The number of rotatable bonds is 4. The normalized spacial score (nSPS) is 12.4. The van der Waals surface area contributed by atoms with E-state index in [-0.39, 0.29) is 18.5 Å². The van der Waals surface area contributed by atoms with Crippen LogP contribution >= 0.6 is 0 Å². The Bertz CT molecular complexity index is 1040. The molecule has 0 unspecified atom stereocenters. The highest BCUT2D eigenvalue weighted by molar-refractivity contribution is 6.10. The summed E-state index contributed by atoms with van der Waals surface area (Å²) < 4.78 is 12.4. The number of amides is 1. The first-order chi connectivity index (χ1) is 12.6. The van der Waals surface area contributed by atoms with Crippen molar-refractivity contribution in [2.75, 3.05) is 12.1 Å². The van der Waals surface area contributed by atoms with E-state index in [2.05, 4.69) is 15.6 Å². The third kappa shape index (κ3) is 2.65. The van der Waals surface area contributed by atoms with Crippen molar-refractivity contribution in [2.24, 2.45) is 0 Å². The largest absolute Gasteiger partial charge is 0.454 e. The second kappa shape index (κ2) is 6.14. The SMILES string of the molecule is CCn1nnc2cc(C(=O)Nc3cc4c(cc3C(C)=O)OCO4)ccc21. The maximum absolute atomic E-state index is 12.7. The van der Waals surface area contributed by atoms with Crippen LogP contribution < -0.4 is 14.8 Å². The van der Waals surface area contributed by atoms with Gasteiger partial charge in [-0.05, 0) is 38.1 Å². The Hall–Kier alpha value is -3.42. The van der Waals surface area contributed by atoms with Crippen molar-refractivity contribution in [1.29, 1.82) is 0 Å². The summed E-state index contributed by atoms with van der Waals surface area (Å²) in [7, 11) is 0. The standard InChI is InChI=1S/C18H16N4O4/c1-3-22-15-5-4-11(6-14(15)20-21-22)18(24)19-13-8-17-16(25-9-26-17)7-12(13)10(2)23/h4-8H,3,9H2,1-2H3,(H,19,24). The number of hydrogen-bond donors (Lipinski definition) is 1. The molecule has 0 aliphatic carbocycles. The van der Waals surface area contributed by atoms with E-state index >= 15 is 0 Å². The Balaban J connectivity index is 1.67. The average molecular weight is 352 g/mol. The van der Waals surface area contributed by atoms with Gasteiger partial charge in [-0.25, -0.2) is 4.68 Å². The van der Waals surface area contributed by atoms with E-state index in [1.165, 1.54) is 6.92 Å². The van der Waals surface area contributed by atoms with Crippen LogP contribution in [0.2, 0.25) is 0 Å². The lowest BCUT2D eigenvalue weighted by Gasteiger charge is -2.10. The van der Waals surface area contributed by atoms with Crippen molar-refractivity contribution in [1.82, 2.24) is 15.0 Å². The molecule has 0 saturated carbocycles. The van der Waals surface area contributed by atoms with Gasteiger partial charge < -0.3 is 14.8 Å². The third-order valence-corrected chi connectivity index (χ3v) is 4.22. The number of benzene rings is 2. The minimum Gasteiger partial charge on any atom is -0.454 e. The predicted molar refractivity (Wildman–Crippen MR) is 93.7 cm³/mol. The van der Waals surface area contributed by atoms with Crippen molar-refractivity contribution >= 4 is 28.4 Å². The predicted octanol–water partition coefficient (Wildman–Crippen LogP) is 2.63. The van der Waals surface area contributed by atoms with Crippen LogP contribution in [0.4, 0.5) is 5.69 Å². The Labute approximate surface area is 148 Å².